The van der Waals surface area contributed by atoms with Gasteiger partial charge in [-0.15, -0.1) is 0 Å². The summed E-state index contributed by atoms with van der Waals surface area (Å²) >= 11 is 0. The van der Waals surface area contributed by atoms with Crippen LogP contribution in [0.5, 0.6) is 0 Å². The summed E-state index contributed by atoms with van der Waals surface area (Å²) in [6, 6.07) is 0.251. The van der Waals surface area contributed by atoms with Crippen LogP contribution in [0.1, 0.15) is 22.7 Å². The molecule has 18 heavy (non-hydrogen) atoms. The third kappa shape index (κ3) is 2.63. The summed E-state index contributed by atoms with van der Waals surface area (Å²) in [6.07, 6.45) is -3.79. The number of nitrogens with one attached hydrogen (secondary N) is 1. The number of hydrogen-bond donors (Lipinski definition) is 1. The van der Waals surface area contributed by atoms with Crippen molar-refractivity contribution in [2.45, 2.75) is 32.2 Å². The molecule has 1 aromatic carbocycles. The summed E-state index contributed by atoms with van der Waals surface area (Å²) in [6.45, 7) is 2.83. The molecular weight excluding hydrogens is 253 g/mol. The van der Waals surface area contributed by atoms with Crippen LogP contribution >= 0.6 is 0 Å². The zero-order chi connectivity index (χ0) is 14.1. The maximum absolute atomic E-state index is 13.5. The fourth-order valence-electron chi connectivity index (χ4n) is 2.03. The normalized spacial score (nSPS) is 14.1. The minimum Gasteiger partial charge on any atom is -0.308 e. The molecule has 0 radical (unpaired) electrons. The molecule has 0 bridgehead atoms. The molecule has 102 valence electrons. The van der Waals surface area contributed by atoms with E-state index >= 15 is 0 Å². The van der Waals surface area contributed by atoms with Crippen LogP contribution in [0.2, 0.25) is 0 Å². The third-order valence-corrected chi connectivity index (χ3v) is 2.81. The Kier molecular flexibility index (Phi) is 4.32. The molecular formula is C12H14F5N. The molecule has 0 aliphatic rings. The monoisotopic (exact) mass is 267 g/mol. The summed E-state index contributed by atoms with van der Waals surface area (Å²) in [4.78, 5) is 0. The maximum atomic E-state index is 13.5. The van der Waals surface area contributed by atoms with E-state index < -0.39 is 24.2 Å². The molecule has 0 aliphatic heterocycles. The Morgan fingerprint density at radius 2 is 1.56 bits per heavy atom. The highest BCUT2D eigenvalue weighted by molar-refractivity contribution is 5.38. The molecule has 6 heteroatoms. The van der Waals surface area contributed by atoms with Crippen LogP contribution in [0.25, 0.3) is 0 Å². The van der Waals surface area contributed by atoms with Gasteiger partial charge in [0, 0.05) is 0 Å². The van der Waals surface area contributed by atoms with Crippen molar-refractivity contribution in [3.63, 3.8) is 0 Å². The predicted octanol–water partition coefficient (Wildman–Crippen LogP) is 3.60. The molecule has 0 spiro atoms. The van der Waals surface area contributed by atoms with Gasteiger partial charge in [0.1, 0.15) is 11.9 Å². The van der Waals surface area contributed by atoms with Gasteiger partial charge < -0.3 is 5.32 Å². The zero-order valence-corrected chi connectivity index (χ0v) is 10.2. The van der Waals surface area contributed by atoms with E-state index in [1.807, 2.05) is 0 Å². The first-order valence-electron chi connectivity index (χ1n) is 5.31. The van der Waals surface area contributed by atoms with Crippen LogP contribution in [-0.2, 0) is 0 Å². The molecule has 1 rings (SSSR count). The molecule has 0 saturated carbocycles. The Morgan fingerprint density at radius 3 is 1.89 bits per heavy atom. The summed E-state index contributed by atoms with van der Waals surface area (Å²) in [5.74, 6) is -4.80. The minimum atomic E-state index is -4.22. The van der Waals surface area contributed by atoms with Crippen molar-refractivity contribution in [3.8, 4) is 0 Å². The molecule has 1 N–H and O–H groups in total. The smallest absolute Gasteiger partial charge is 0.308 e. The summed E-state index contributed by atoms with van der Waals surface area (Å²) in [5, 5.41) is 2.19. The number of halogens is 5. The Balaban J connectivity index is 3.34. The average Bonchev–Trinajstić information content (AvgIpc) is 2.22. The van der Waals surface area contributed by atoms with Gasteiger partial charge in [0.2, 0.25) is 0 Å². The van der Waals surface area contributed by atoms with Crippen molar-refractivity contribution < 1.29 is 22.0 Å². The molecule has 0 amide bonds. The van der Waals surface area contributed by atoms with Gasteiger partial charge in [0.05, 0.1) is 0 Å². The van der Waals surface area contributed by atoms with E-state index in [-0.39, 0.29) is 16.7 Å². The highest BCUT2D eigenvalue weighted by atomic mass is 19.3. The van der Waals surface area contributed by atoms with Crippen LogP contribution in [0.15, 0.2) is 12.1 Å². The van der Waals surface area contributed by atoms with E-state index in [1.165, 1.54) is 20.9 Å². The first-order chi connectivity index (χ1) is 8.21. The predicted molar refractivity (Wildman–Crippen MR) is 58.6 cm³/mol. The molecule has 0 fully saturated rings. The van der Waals surface area contributed by atoms with E-state index in [2.05, 4.69) is 5.32 Å². The number of benzene rings is 1. The van der Waals surface area contributed by atoms with Crippen molar-refractivity contribution in [1.29, 1.82) is 0 Å². The van der Waals surface area contributed by atoms with Gasteiger partial charge in [-0.05, 0) is 49.7 Å². The van der Waals surface area contributed by atoms with E-state index in [4.69, 9.17) is 0 Å². The van der Waals surface area contributed by atoms with E-state index in [9.17, 15) is 22.0 Å². The second kappa shape index (κ2) is 5.22. The van der Waals surface area contributed by atoms with Crippen molar-refractivity contribution in [1.82, 2.24) is 5.32 Å². The highest BCUT2D eigenvalue weighted by Crippen LogP contribution is 2.39. The van der Waals surface area contributed by atoms with E-state index in [1.54, 1.807) is 0 Å². The van der Waals surface area contributed by atoms with Crippen LogP contribution in [0.3, 0.4) is 0 Å². The molecule has 0 aromatic heterocycles. The van der Waals surface area contributed by atoms with Gasteiger partial charge in [-0.2, -0.15) is 8.78 Å². The number of hydrogen-bond acceptors (Lipinski definition) is 1. The number of rotatable bonds is 4. The molecule has 0 saturated heterocycles. The lowest BCUT2D eigenvalue weighted by Crippen LogP contribution is -2.41. The Morgan fingerprint density at radius 1 is 1.11 bits per heavy atom. The van der Waals surface area contributed by atoms with Gasteiger partial charge in [0.15, 0.2) is 0 Å². The standard InChI is InChI=1S/C12H14F5N/c1-6-4-8(13)5-7(2)9(6)10(18-3)12(16,17)11(14)15/h4-5,10-11,18H,1-3H3. The Labute approximate surface area is 102 Å². The molecule has 1 nitrogen and oxygen atoms in total. The Bertz CT molecular complexity index is 407. The van der Waals surface area contributed by atoms with Crippen molar-refractivity contribution in [3.05, 3.63) is 34.6 Å². The molecule has 1 unspecified atom stereocenters. The highest BCUT2D eigenvalue weighted by Gasteiger charge is 2.49. The maximum Gasteiger partial charge on any atom is 0.326 e. The second-order valence-electron chi connectivity index (χ2n) is 4.15. The third-order valence-electron chi connectivity index (χ3n) is 2.81. The number of aryl methyl sites for hydroxylation is 2. The second-order valence-corrected chi connectivity index (χ2v) is 4.15. The zero-order valence-electron chi connectivity index (χ0n) is 10.2. The number of alkyl halides is 4. The van der Waals surface area contributed by atoms with Crippen LogP contribution < -0.4 is 5.32 Å². The molecule has 1 aromatic rings. The van der Waals surface area contributed by atoms with Crippen LogP contribution in [0.4, 0.5) is 22.0 Å². The average molecular weight is 267 g/mol. The van der Waals surface area contributed by atoms with Crippen molar-refractivity contribution >= 4 is 0 Å². The van der Waals surface area contributed by atoms with Gasteiger partial charge >= 0.3 is 12.3 Å². The van der Waals surface area contributed by atoms with Gasteiger partial charge in [-0.25, -0.2) is 13.2 Å². The summed E-state index contributed by atoms with van der Waals surface area (Å²) in [5.41, 5.74) is 0.434. The molecule has 0 aliphatic carbocycles. The Hall–Kier alpha value is -1.17. The quantitative estimate of drug-likeness (QED) is 0.822. The van der Waals surface area contributed by atoms with E-state index in [0.717, 1.165) is 12.1 Å². The lowest BCUT2D eigenvalue weighted by Gasteiger charge is -2.28. The minimum absolute atomic E-state index is 0.00389. The SMILES string of the molecule is CNC(c1c(C)cc(F)cc1C)C(F)(F)C(F)F. The first kappa shape index (κ1) is 14.9. The van der Waals surface area contributed by atoms with E-state index in [0.29, 0.717) is 0 Å². The topological polar surface area (TPSA) is 12.0 Å². The molecule has 1 atom stereocenters. The van der Waals surface area contributed by atoms with Crippen LogP contribution in [-0.4, -0.2) is 19.4 Å². The van der Waals surface area contributed by atoms with Crippen molar-refractivity contribution in [2.75, 3.05) is 7.05 Å². The summed E-state index contributed by atoms with van der Waals surface area (Å²) in [7, 11) is 1.17. The first-order valence-corrected chi connectivity index (χ1v) is 5.31. The van der Waals surface area contributed by atoms with Crippen LogP contribution in [0, 0.1) is 19.7 Å². The largest absolute Gasteiger partial charge is 0.326 e. The fraction of sp³-hybridized carbons (Fsp3) is 0.500. The lowest BCUT2D eigenvalue weighted by atomic mass is 9.92. The van der Waals surface area contributed by atoms with Gasteiger partial charge in [-0.1, -0.05) is 0 Å². The fourth-order valence-corrected chi connectivity index (χ4v) is 2.03. The van der Waals surface area contributed by atoms with Crippen molar-refractivity contribution in [2.24, 2.45) is 0 Å². The van der Waals surface area contributed by atoms with Gasteiger partial charge in [0.25, 0.3) is 0 Å². The van der Waals surface area contributed by atoms with Gasteiger partial charge in [-0.3, -0.25) is 0 Å². The summed E-state index contributed by atoms with van der Waals surface area (Å²) < 4.78 is 64.8. The molecule has 0 heterocycles. The lowest BCUT2D eigenvalue weighted by molar-refractivity contribution is -0.150.